The maximum absolute atomic E-state index is 5.49. The van der Waals surface area contributed by atoms with Crippen molar-refractivity contribution >= 4 is 11.6 Å². The molecule has 2 heterocycles. The largest absolute Gasteiger partial charge is 0.412 e. The molecule has 0 aromatic carbocycles. The number of aromatic nitrogens is 2. The van der Waals surface area contributed by atoms with Gasteiger partial charge in [0.25, 0.3) is 0 Å². The normalized spacial score (nSPS) is 22.4. The zero-order valence-corrected chi connectivity index (χ0v) is 7.96. The van der Waals surface area contributed by atoms with E-state index in [0.717, 1.165) is 32.5 Å². The van der Waals surface area contributed by atoms with E-state index in [1.165, 1.54) is 0 Å². The minimum absolute atomic E-state index is 0.123. The second-order valence-corrected chi connectivity index (χ2v) is 3.54. The molecule has 1 saturated heterocycles. The van der Waals surface area contributed by atoms with Gasteiger partial charge in [0.2, 0.25) is 5.89 Å². The fourth-order valence-electron chi connectivity index (χ4n) is 1.47. The molecule has 13 heavy (non-hydrogen) atoms. The number of aryl methyl sites for hydroxylation is 1. The molecule has 0 N–H and O–H groups in total. The topological polar surface area (TPSA) is 48.2 Å². The van der Waals surface area contributed by atoms with Gasteiger partial charge in [-0.15, -0.1) is 5.10 Å². The first-order chi connectivity index (χ1) is 6.34. The summed E-state index contributed by atoms with van der Waals surface area (Å²) < 4.78 is 10.3. The minimum atomic E-state index is 0.123. The van der Waals surface area contributed by atoms with Gasteiger partial charge in [-0.2, -0.15) is 0 Å². The third-order valence-corrected chi connectivity index (χ3v) is 2.39. The van der Waals surface area contributed by atoms with E-state index in [0.29, 0.717) is 11.8 Å². The van der Waals surface area contributed by atoms with E-state index in [1.54, 1.807) is 0 Å². The number of nitrogens with zero attached hydrogens (tertiary/aromatic N) is 2. The second-order valence-electron chi connectivity index (χ2n) is 3.22. The molecule has 0 saturated carbocycles. The van der Waals surface area contributed by atoms with Crippen molar-refractivity contribution in [1.29, 1.82) is 0 Å². The van der Waals surface area contributed by atoms with E-state index in [9.17, 15) is 0 Å². The van der Waals surface area contributed by atoms with Crippen LogP contribution in [-0.4, -0.2) is 23.4 Å². The third kappa shape index (κ3) is 2.42. The smallest absolute Gasteiger partial charge is 0.312 e. The Bertz CT molecular complexity index is 271. The number of halogens is 1. The number of rotatable bonds is 3. The first-order valence-electron chi connectivity index (χ1n) is 4.40. The molecule has 0 bridgehead atoms. The van der Waals surface area contributed by atoms with E-state index in [-0.39, 0.29) is 5.35 Å². The lowest BCUT2D eigenvalue weighted by Gasteiger charge is -2.02. The van der Waals surface area contributed by atoms with Gasteiger partial charge in [-0.05, 0) is 30.4 Å². The van der Waals surface area contributed by atoms with Crippen LogP contribution in [0.4, 0.5) is 0 Å². The Kier molecular flexibility index (Phi) is 2.80. The molecule has 1 fully saturated rings. The highest BCUT2D eigenvalue weighted by atomic mass is 35.5. The molecular weight excluding hydrogens is 192 g/mol. The molecule has 5 heteroatoms. The van der Waals surface area contributed by atoms with Crippen LogP contribution in [-0.2, 0) is 11.2 Å². The predicted molar refractivity (Wildman–Crippen MR) is 46.6 cm³/mol. The van der Waals surface area contributed by atoms with Crippen molar-refractivity contribution in [3.63, 3.8) is 0 Å². The molecule has 4 nitrogen and oxygen atoms in total. The van der Waals surface area contributed by atoms with Gasteiger partial charge in [-0.1, -0.05) is 5.10 Å². The van der Waals surface area contributed by atoms with Crippen molar-refractivity contribution < 1.29 is 9.15 Å². The van der Waals surface area contributed by atoms with Gasteiger partial charge < -0.3 is 9.15 Å². The molecule has 0 aliphatic carbocycles. The molecule has 0 radical (unpaired) electrons. The van der Waals surface area contributed by atoms with Crippen molar-refractivity contribution in [3.05, 3.63) is 11.2 Å². The maximum Gasteiger partial charge on any atom is 0.312 e. The van der Waals surface area contributed by atoms with E-state index < -0.39 is 0 Å². The fourth-order valence-corrected chi connectivity index (χ4v) is 1.60. The van der Waals surface area contributed by atoms with E-state index in [4.69, 9.17) is 20.8 Å². The van der Waals surface area contributed by atoms with Crippen LogP contribution in [0, 0.1) is 5.92 Å². The first-order valence-corrected chi connectivity index (χ1v) is 4.78. The van der Waals surface area contributed by atoms with Crippen LogP contribution >= 0.6 is 11.6 Å². The SMILES string of the molecule is Clc1nnc(CCC2CCOC2)o1. The minimum Gasteiger partial charge on any atom is -0.412 e. The van der Waals surface area contributed by atoms with Crippen LogP contribution < -0.4 is 0 Å². The number of hydrogen-bond acceptors (Lipinski definition) is 4. The van der Waals surface area contributed by atoms with Gasteiger partial charge in [-0.25, -0.2) is 0 Å². The Morgan fingerprint density at radius 1 is 1.46 bits per heavy atom. The van der Waals surface area contributed by atoms with Gasteiger partial charge in [-0.3, -0.25) is 0 Å². The average Bonchev–Trinajstić information content (AvgIpc) is 2.71. The third-order valence-electron chi connectivity index (χ3n) is 2.23. The molecule has 0 spiro atoms. The molecule has 1 atom stereocenters. The van der Waals surface area contributed by atoms with Crippen molar-refractivity contribution in [3.8, 4) is 0 Å². The van der Waals surface area contributed by atoms with Crippen LogP contribution in [0.25, 0.3) is 0 Å². The Hall–Kier alpha value is -0.610. The summed E-state index contributed by atoms with van der Waals surface area (Å²) in [5.41, 5.74) is 0. The fraction of sp³-hybridized carbons (Fsp3) is 0.750. The van der Waals surface area contributed by atoms with Gasteiger partial charge in [0.05, 0.1) is 0 Å². The molecule has 1 aromatic heterocycles. The van der Waals surface area contributed by atoms with Crippen molar-refractivity contribution in [2.24, 2.45) is 5.92 Å². The molecule has 1 aromatic rings. The standard InChI is InChI=1S/C8H11ClN2O2/c9-8-11-10-7(13-8)2-1-6-3-4-12-5-6/h6H,1-5H2. The summed E-state index contributed by atoms with van der Waals surface area (Å²) in [6.07, 6.45) is 2.98. The van der Waals surface area contributed by atoms with Crippen molar-refractivity contribution in [2.75, 3.05) is 13.2 Å². The number of hydrogen-bond donors (Lipinski definition) is 0. The highest BCUT2D eigenvalue weighted by molar-refractivity contribution is 6.27. The molecule has 0 amide bonds. The number of ether oxygens (including phenoxy) is 1. The van der Waals surface area contributed by atoms with Crippen molar-refractivity contribution in [2.45, 2.75) is 19.3 Å². The average molecular weight is 203 g/mol. The van der Waals surface area contributed by atoms with Gasteiger partial charge in [0, 0.05) is 19.6 Å². The van der Waals surface area contributed by atoms with Crippen LogP contribution in [0.15, 0.2) is 4.42 Å². The van der Waals surface area contributed by atoms with Gasteiger partial charge >= 0.3 is 5.35 Å². The van der Waals surface area contributed by atoms with Crippen molar-refractivity contribution in [1.82, 2.24) is 10.2 Å². The lowest BCUT2D eigenvalue weighted by Crippen LogP contribution is -2.01. The van der Waals surface area contributed by atoms with Crippen LogP contribution in [0.3, 0.4) is 0 Å². The van der Waals surface area contributed by atoms with Crippen LogP contribution in [0.1, 0.15) is 18.7 Å². The summed E-state index contributed by atoms with van der Waals surface area (Å²) in [4.78, 5) is 0. The van der Waals surface area contributed by atoms with Gasteiger partial charge in [0.15, 0.2) is 0 Å². The summed E-state index contributed by atoms with van der Waals surface area (Å²) in [5.74, 6) is 1.27. The summed E-state index contributed by atoms with van der Waals surface area (Å²) in [6, 6.07) is 0. The molecule has 1 unspecified atom stereocenters. The summed E-state index contributed by atoms with van der Waals surface area (Å²) in [7, 11) is 0. The van der Waals surface area contributed by atoms with E-state index >= 15 is 0 Å². The van der Waals surface area contributed by atoms with E-state index in [2.05, 4.69) is 10.2 Å². The lowest BCUT2D eigenvalue weighted by atomic mass is 10.0. The molecule has 1 aliphatic heterocycles. The molecular formula is C8H11ClN2O2. The Labute approximate surface area is 81.2 Å². The predicted octanol–water partition coefficient (Wildman–Crippen LogP) is 1.69. The second kappa shape index (κ2) is 4.07. The first kappa shape index (κ1) is 8.97. The maximum atomic E-state index is 5.49. The van der Waals surface area contributed by atoms with Gasteiger partial charge in [0.1, 0.15) is 0 Å². The summed E-state index contributed by atoms with van der Waals surface area (Å²) >= 11 is 5.49. The monoisotopic (exact) mass is 202 g/mol. The highest BCUT2D eigenvalue weighted by Crippen LogP contribution is 2.18. The molecule has 2 rings (SSSR count). The highest BCUT2D eigenvalue weighted by Gasteiger charge is 2.16. The molecule has 72 valence electrons. The van der Waals surface area contributed by atoms with E-state index in [1.807, 2.05) is 0 Å². The van der Waals surface area contributed by atoms with Crippen LogP contribution in [0.5, 0.6) is 0 Å². The zero-order valence-electron chi connectivity index (χ0n) is 7.20. The summed E-state index contributed by atoms with van der Waals surface area (Å²) in [6.45, 7) is 1.75. The Morgan fingerprint density at radius 2 is 2.38 bits per heavy atom. The lowest BCUT2D eigenvalue weighted by molar-refractivity contribution is 0.184. The van der Waals surface area contributed by atoms with Crippen LogP contribution in [0.2, 0.25) is 5.35 Å². The zero-order chi connectivity index (χ0) is 9.10. The molecule has 1 aliphatic rings. The summed E-state index contributed by atoms with van der Waals surface area (Å²) in [5, 5.41) is 7.49. The quantitative estimate of drug-likeness (QED) is 0.749. The Morgan fingerprint density at radius 3 is 3.00 bits per heavy atom. The Balaban J connectivity index is 1.78.